The van der Waals surface area contributed by atoms with Crippen molar-refractivity contribution < 1.29 is 13.2 Å². The molecule has 0 atom stereocenters. The highest BCUT2D eigenvalue weighted by molar-refractivity contribution is 5.53. The van der Waals surface area contributed by atoms with Crippen molar-refractivity contribution in [1.29, 1.82) is 0 Å². The number of nitrogens with zero attached hydrogens (tertiary/aromatic N) is 1. The van der Waals surface area contributed by atoms with E-state index in [1.165, 1.54) is 6.07 Å². The van der Waals surface area contributed by atoms with Gasteiger partial charge in [0.15, 0.2) is 0 Å². The second-order valence-electron chi connectivity index (χ2n) is 6.21. The lowest BCUT2D eigenvalue weighted by atomic mass is 9.93. The van der Waals surface area contributed by atoms with Gasteiger partial charge in [-0.05, 0) is 36.6 Å². The zero-order valence-electron chi connectivity index (χ0n) is 12.1. The molecule has 1 aromatic rings. The van der Waals surface area contributed by atoms with Gasteiger partial charge in [-0.2, -0.15) is 13.2 Å². The van der Waals surface area contributed by atoms with E-state index in [1.807, 2.05) is 4.90 Å². The van der Waals surface area contributed by atoms with Crippen molar-refractivity contribution in [3.63, 3.8) is 0 Å². The SMILES string of the molecule is CNCc1ccc(N2CCC(C)(C)C2)cc1C(F)(F)F. The predicted octanol–water partition coefficient (Wildman–Crippen LogP) is 3.66. The van der Waals surface area contributed by atoms with Crippen LogP contribution in [0.2, 0.25) is 0 Å². The van der Waals surface area contributed by atoms with Crippen LogP contribution in [0.15, 0.2) is 18.2 Å². The van der Waals surface area contributed by atoms with Crippen LogP contribution in [0.25, 0.3) is 0 Å². The van der Waals surface area contributed by atoms with Gasteiger partial charge < -0.3 is 10.2 Å². The maximum atomic E-state index is 13.1. The summed E-state index contributed by atoms with van der Waals surface area (Å²) in [7, 11) is 1.65. The van der Waals surface area contributed by atoms with Gasteiger partial charge in [0, 0.05) is 25.3 Å². The van der Waals surface area contributed by atoms with E-state index >= 15 is 0 Å². The lowest BCUT2D eigenvalue weighted by Gasteiger charge is -2.23. The Bertz CT molecular complexity index is 480. The minimum Gasteiger partial charge on any atom is -0.371 e. The summed E-state index contributed by atoms with van der Waals surface area (Å²) < 4.78 is 39.4. The van der Waals surface area contributed by atoms with Crippen LogP contribution in [0.4, 0.5) is 18.9 Å². The van der Waals surface area contributed by atoms with E-state index < -0.39 is 11.7 Å². The van der Waals surface area contributed by atoms with Gasteiger partial charge in [0.25, 0.3) is 0 Å². The molecular formula is C15H21F3N2. The smallest absolute Gasteiger partial charge is 0.371 e. The number of nitrogens with one attached hydrogen (secondary N) is 1. The molecular weight excluding hydrogens is 265 g/mol. The molecule has 20 heavy (non-hydrogen) atoms. The van der Waals surface area contributed by atoms with Crippen LogP contribution in [-0.2, 0) is 12.7 Å². The van der Waals surface area contributed by atoms with E-state index in [0.29, 0.717) is 11.3 Å². The lowest BCUT2D eigenvalue weighted by molar-refractivity contribution is -0.138. The number of anilines is 1. The largest absolute Gasteiger partial charge is 0.416 e. The Balaban J connectivity index is 2.33. The summed E-state index contributed by atoms with van der Waals surface area (Å²) in [5.41, 5.74) is 0.598. The maximum Gasteiger partial charge on any atom is 0.416 e. The average Bonchev–Trinajstić information content (AvgIpc) is 2.69. The van der Waals surface area contributed by atoms with Crippen LogP contribution in [-0.4, -0.2) is 20.1 Å². The van der Waals surface area contributed by atoms with Gasteiger partial charge in [-0.3, -0.25) is 0 Å². The van der Waals surface area contributed by atoms with Crippen molar-refractivity contribution in [2.45, 2.75) is 33.0 Å². The topological polar surface area (TPSA) is 15.3 Å². The summed E-state index contributed by atoms with van der Waals surface area (Å²) in [6, 6.07) is 4.66. The van der Waals surface area contributed by atoms with Crippen molar-refractivity contribution in [2.24, 2.45) is 5.41 Å². The molecule has 1 fully saturated rings. The Kier molecular flexibility index (Phi) is 4.00. The van der Waals surface area contributed by atoms with Crippen molar-refractivity contribution >= 4 is 5.69 Å². The van der Waals surface area contributed by atoms with Crippen LogP contribution in [0.5, 0.6) is 0 Å². The van der Waals surface area contributed by atoms with E-state index in [2.05, 4.69) is 19.2 Å². The first kappa shape index (κ1) is 15.2. The fourth-order valence-electron chi connectivity index (χ4n) is 2.70. The monoisotopic (exact) mass is 286 g/mol. The van der Waals surface area contributed by atoms with Crippen molar-refractivity contribution in [3.8, 4) is 0 Å². The van der Waals surface area contributed by atoms with Crippen LogP contribution < -0.4 is 10.2 Å². The zero-order valence-corrected chi connectivity index (χ0v) is 12.1. The van der Waals surface area contributed by atoms with Crippen LogP contribution >= 0.6 is 0 Å². The molecule has 0 spiro atoms. The first-order valence-corrected chi connectivity index (χ1v) is 6.83. The summed E-state index contributed by atoms with van der Waals surface area (Å²) in [6.07, 6.45) is -3.30. The third-order valence-corrected chi connectivity index (χ3v) is 3.81. The van der Waals surface area contributed by atoms with Gasteiger partial charge in [-0.15, -0.1) is 0 Å². The number of hydrogen-bond donors (Lipinski definition) is 1. The number of alkyl halides is 3. The molecule has 0 amide bonds. The Labute approximate surface area is 118 Å². The van der Waals surface area contributed by atoms with Crippen molar-refractivity contribution in [1.82, 2.24) is 5.32 Å². The highest BCUT2D eigenvalue weighted by Crippen LogP contribution is 2.37. The normalized spacial score (nSPS) is 18.6. The minimum absolute atomic E-state index is 0.169. The molecule has 2 nitrogen and oxygen atoms in total. The van der Waals surface area contributed by atoms with Gasteiger partial charge in [0.2, 0.25) is 0 Å². The molecule has 1 N–H and O–H groups in total. The molecule has 0 radical (unpaired) electrons. The second kappa shape index (κ2) is 5.28. The summed E-state index contributed by atoms with van der Waals surface area (Å²) >= 11 is 0. The minimum atomic E-state index is -4.31. The first-order valence-electron chi connectivity index (χ1n) is 6.83. The van der Waals surface area contributed by atoms with Crippen LogP contribution in [0.3, 0.4) is 0 Å². The Morgan fingerprint density at radius 3 is 2.50 bits per heavy atom. The highest BCUT2D eigenvalue weighted by atomic mass is 19.4. The highest BCUT2D eigenvalue weighted by Gasteiger charge is 2.35. The standard InChI is InChI=1S/C15H21F3N2/c1-14(2)6-7-20(10-14)12-5-4-11(9-19-3)13(8-12)15(16,17)18/h4-5,8,19H,6-7,9-10H2,1-3H3. The molecule has 2 rings (SSSR count). The van der Waals surface area contributed by atoms with E-state index in [0.717, 1.165) is 19.5 Å². The molecule has 1 aliphatic heterocycles. The number of benzene rings is 1. The van der Waals surface area contributed by atoms with E-state index in [1.54, 1.807) is 19.2 Å². The zero-order chi connectivity index (χ0) is 15.0. The number of hydrogen-bond acceptors (Lipinski definition) is 2. The second-order valence-corrected chi connectivity index (χ2v) is 6.21. The fraction of sp³-hybridized carbons (Fsp3) is 0.600. The lowest BCUT2D eigenvalue weighted by Crippen LogP contribution is -2.23. The molecule has 112 valence electrons. The van der Waals surface area contributed by atoms with Gasteiger partial charge in [0.1, 0.15) is 0 Å². The Morgan fingerprint density at radius 2 is 2.00 bits per heavy atom. The molecule has 0 aromatic heterocycles. The fourth-order valence-corrected chi connectivity index (χ4v) is 2.70. The average molecular weight is 286 g/mol. The quantitative estimate of drug-likeness (QED) is 0.912. The van der Waals surface area contributed by atoms with Crippen molar-refractivity contribution in [2.75, 3.05) is 25.0 Å². The van der Waals surface area contributed by atoms with Crippen LogP contribution in [0.1, 0.15) is 31.4 Å². The summed E-state index contributed by atoms with van der Waals surface area (Å²) in [4.78, 5) is 2.04. The number of rotatable bonds is 3. The molecule has 5 heteroatoms. The number of halogens is 3. The molecule has 0 unspecified atom stereocenters. The van der Waals surface area contributed by atoms with Gasteiger partial charge in [-0.1, -0.05) is 19.9 Å². The molecule has 0 bridgehead atoms. The summed E-state index contributed by atoms with van der Waals surface area (Å²) in [5.74, 6) is 0. The first-order chi connectivity index (χ1) is 9.23. The Hall–Kier alpha value is -1.23. The van der Waals surface area contributed by atoms with Gasteiger partial charge in [0.05, 0.1) is 5.56 Å². The van der Waals surface area contributed by atoms with E-state index in [9.17, 15) is 13.2 Å². The van der Waals surface area contributed by atoms with E-state index in [-0.39, 0.29) is 12.0 Å². The molecule has 1 saturated heterocycles. The third kappa shape index (κ3) is 3.26. The summed E-state index contributed by atoms with van der Waals surface area (Å²) in [6.45, 7) is 6.13. The summed E-state index contributed by atoms with van der Waals surface area (Å²) in [5, 5.41) is 2.78. The molecule has 1 aromatic carbocycles. The van der Waals surface area contributed by atoms with Gasteiger partial charge >= 0.3 is 6.18 Å². The van der Waals surface area contributed by atoms with Crippen molar-refractivity contribution in [3.05, 3.63) is 29.3 Å². The molecule has 0 aliphatic carbocycles. The maximum absolute atomic E-state index is 13.1. The van der Waals surface area contributed by atoms with Crippen LogP contribution in [0, 0.1) is 5.41 Å². The van der Waals surface area contributed by atoms with E-state index in [4.69, 9.17) is 0 Å². The molecule has 1 heterocycles. The Morgan fingerprint density at radius 1 is 1.30 bits per heavy atom. The van der Waals surface area contributed by atoms with Gasteiger partial charge in [-0.25, -0.2) is 0 Å². The molecule has 0 saturated carbocycles. The molecule has 1 aliphatic rings. The predicted molar refractivity (Wildman–Crippen MR) is 74.8 cm³/mol. The third-order valence-electron chi connectivity index (χ3n) is 3.81.